The minimum Gasteiger partial charge on any atom is -0.480 e. The molecule has 2 aromatic carbocycles. The molecular formula is C26H32N2O5S. The topological polar surface area (TPSA) is 105 Å². The molecule has 8 heteroatoms. The molecule has 1 unspecified atom stereocenters. The van der Waals surface area contributed by atoms with Gasteiger partial charge in [-0.2, -0.15) is 11.8 Å². The van der Waals surface area contributed by atoms with Crippen LogP contribution in [0.3, 0.4) is 0 Å². The second-order valence-electron chi connectivity index (χ2n) is 8.35. The number of fused-ring (bicyclic) bond motifs is 3. The van der Waals surface area contributed by atoms with Gasteiger partial charge < -0.3 is 20.5 Å². The van der Waals surface area contributed by atoms with Gasteiger partial charge in [0.15, 0.2) is 0 Å². The Morgan fingerprint density at radius 1 is 0.971 bits per heavy atom. The highest BCUT2D eigenvalue weighted by molar-refractivity contribution is 7.98. The summed E-state index contributed by atoms with van der Waals surface area (Å²) in [4.78, 5) is 37.0. The Morgan fingerprint density at radius 2 is 1.59 bits per heavy atom. The fourth-order valence-electron chi connectivity index (χ4n) is 4.22. The van der Waals surface area contributed by atoms with E-state index in [4.69, 9.17) is 4.74 Å². The van der Waals surface area contributed by atoms with Crippen LogP contribution >= 0.6 is 11.8 Å². The Hall–Kier alpha value is -3.00. The van der Waals surface area contributed by atoms with Gasteiger partial charge in [-0.05, 0) is 47.1 Å². The lowest BCUT2D eigenvalue weighted by atomic mass is 9.98. The maximum Gasteiger partial charge on any atom is 0.407 e. The zero-order valence-electron chi connectivity index (χ0n) is 19.6. The quantitative estimate of drug-likeness (QED) is 0.412. The fraction of sp³-hybridized carbons (Fsp3) is 0.423. The normalized spacial score (nSPS) is 13.9. The number of thioether (sulfide) groups is 1. The molecule has 34 heavy (non-hydrogen) atoms. The van der Waals surface area contributed by atoms with Crippen LogP contribution in [0, 0.1) is 0 Å². The van der Waals surface area contributed by atoms with E-state index in [1.807, 2.05) is 49.6 Å². The molecule has 1 aliphatic rings. The highest BCUT2D eigenvalue weighted by Gasteiger charge is 2.30. The van der Waals surface area contributed by atoms with Crippen molar-refractivity contribution in [2.75, 3.05) is 18.6 Å². The smallest absolute Gasteiger partial charge is 0.407 e. The van der Waals surface area contributed by atoms with E-state index in [1.54, 1.807) is 0 Å². The highest BCUT2D eigenvalue weighted by Crippen LogP contribution is 2.44. The summed E-state index contributed by atoms with van der Waals surface area (Å²) >= 11 is 1.51. The molecule has 0 bridgehead atoms. The lowest BCUT2D eigenvalue weighted by Gasteiger charge is -2.22. The molecule has 182 valence electrons. The number of nitrogens with one attached hydrogen (secondary N) is 2. The number of aliphatic carboxylic acids is 1. The van der Waals surface area contributed by atoms with E-state index in [-0.39, 0.29) is 12.5 Å². The third-order valence-electron chi connectivity index (χ3n) is 6.02. The molecule has 2 atom stereocenters. The minimum absolute atomic E-state index is 0.0796. The second kappa shape index (κ2) is 12.5. The summed E-state index contributed by atoms with van der Waals surface area (Å²) in [5.74, 6) is -1.06. The molecule has 3 N–H and O–H groups in total. The lowest BCUT2D eigenvalue weighted by Crippen LogP contribution is -2.51. The third kappa shape index (κ3) is 6.32. The first kappa shape index (κ1) is 25.6. The van der Waals surface area contributed by atoms with Crippen LogP contribution < -0.4 is 10.6 Å². The SMILES string of the molecule is CCCCC(NC(=O)OCC1c2ccccc2-c2ccccc21)C(=O)N[C@@H](CCSC)C(=O)O. The van der Waals surface area contributed by atoms with E-state index in [0.717, 1.165) is 28.7 Å². The van der Waals surface area contributed by atoms with Crippen molar-refractivity contribution >= 4 is 29.7 Å². The zero-order valence-corrected chi connectivity index (χ0v) is 20.4. The average Bonchev–Trinajstić information content (AvgIpc) is 3.16. The molecule has 7 nitrogen and oxygen atoms in total. The number of carboxylic acid groups (broad SMARTS) is 1. The van der Waals surface area contributed by atoms with Crippen molar-refractivity contribution in [1.29, 1.82) is 0 Å². The van der Waals surface area contributed by atoms with Crippen LogP contribution in [-0.2, 0) is 14.3 Å². The summed E-state index contributed by atoms with van der Waals surface area (Å²) in [5.41, 5.74) is 4.49. The van der Waals surface area contributed by atoms with Crippen molar-refractivity contribution < 1.29 is 24.2 Å². The second-order valence-corrected chi connectivity index (χ2v) is 9.33. The van der Waals surface area contributed by atoms with Gasteiger partial charge in [-0.3, -0.25) is 4.79 Å². The van der Waals surface area contributed by atoms with E-state index in [9.17, 15) is 19.5 Å². The van der Waals surface area contributed by atoms with Crippen molar-refractivity contribution in [2.45, 2.75) is 50.6 Å². The summed E-state index contributed by atoms with van der Waals surface area (Å²) in [5, 5.41) is 14.6. The van der Waals surface area contributed by atoms with E-state index in [1.165, 1.54) is 11.8 Å². The van der Waals surface area contributed by atoms with E-state index in [0.29, 0.717) is 25.0 Å². The first-order valence-corrected chi connectivity index (χ1v) is 13.0. The Bertz CT molecular complexity index is 967. The summed E-state index contributed by atoms with van der Waals surface area (Å²) in [6, 6.07) is 14.3. The maximum absolute atomic E-state index is 12.8. The van der Waals surface area contributed by atoms with Gasteiger partial charge in [-0.1, -0.05) is 68.3 Å². The molecule has 0 saturated carbocycles. The lowest BCUT2D eigenvalue weighted by molar-refractivity contribution is -0.142. The zero-order chi connectivity index (χ0) is 24.5. The van der Waals surface area contributed by atoms with Crippen LogP contribution in [0.1, 0.15) is 49.7 Å². The summed E-state index contributed by atoms with van der Waals surface area (Å²) in [6.45, 7) is 2.13. The number of rotatable bonds is 12. The van der Waals surface area contributed by atoms with Crippen LogP contribution in [0.4, 0.5) is 4.79 Å². The number of benzene rings is 2. The largest absolute Gasteiger partial charge is 0.480 e. The van der Waals surface area contributed by atoms with Crippen molar-refractivity contribution in [3.05, 3.63) is 59.7 Å². The van der Waals surface area contributed by atoms with Gasteiger partial charge in [0.05, 0.1) is 0 Å². The monoisotopic (exact) mass is 484 g/mol. The molecule has 0 aromatic heterocycles. The number of unbranched alkanes of at least 4 members (excludes halogenated alkanes) is 1. The summed E-state index contributed by atoms with van der Waals surface area (Å²) < 4.78 is 5.57. The number of carbonyl (C=O) groups is 3. The van der Waals surface area contributed by atoms with Crippen LogP contribution in [0.25, 0.3) is 11.1 Å². The Balaban J connectivity index is 1.64. The van der Waals surface area contributed by atoms with Crippen LogP contribution in [0.15, 0.2) is 48.5 Å². The Kier molecular flexibility index (Phi) is 9.39. The number of amides is 2. The number of carbonyl (C=O) groups excluding carboxylic acids is 2. The molecule has 0 saturated heterocycles. The Morgan fingerprint density at radius 3 is 2.15 bits per heavy atom. The molecule has 1 aliphatic carbocycles. The van der Waals surface area contributed by atoms with Crippen LogP contribution in [0.5, 0.6) is 0 Å². The van der Waals surface area contributed by atoms with Crippen molar-refractivity contribution in [3.63, 3.8) is 0 Å². The Labute approximate surface area is 204 Å². The first-order chi connectivity index (χ1) is 16.5. The van der Waals surface area contributed by atoms with Gasteiger partial charge in [0, 0.05) is 5.92 Å². The molecule has 0 radical (unpaired) electrons. The number of hydrogen-bond acceptors (Lipinski definition) is 5. The number of carboxylic acids is 1. The molecule has 2 aromatic rings. The van der Waals surface area contributed by atoms with Crippen molar-refractivity contribution in [1.82, 2.24) is 10.6 Å². The number of alkyl carbamates (subject to hydrolysis) is 1. The molecule has 0 aliphatic heterocycles. The van der Waals surface area contributed by atoms with Crippen LogP contribution in [-0.4, -0.2) is 53.8 Å². The highest BCUT2D eigenvalue weighted by atomic mass is 32.2. The maximum atomic E-state index is 12.8. The first-order valence-electron chi connectivity index (χ1n) is 11.6. The summed E-state index contributed by atoms with van der Waals surface area (Å²) in [7, 11) is 0. The van der Waals surface area contributed by atoms with Crippen molar-refractivity contribution in [2.24, 2.45) is 0 Å². The molecule has 0 spiro atoms. The van der Waals surface area contributed by atoms with Gasteiger partial charge in [0.2, 0.25) is 5.91 Å². The number of hydrogen-bond donors (Lipinski definition) is 3. The predicted octanol–water partition coefficient (Wildman–Crippen LogP) is 4.41. The molecule has 0 fully saturated rings. The number of ether oxygens (including phenoxy) is 1. The predicted molar refractivity (Wildman–Crippen MR) is 134 cm³/mol. The fourth-order valence-corrected chi connectivity index (χ4v) is 4.70. The van der Waals surface area contributed by atoms with Crippen LogP contribution in [0.2, 0.25) is 0 Å². The third-order valence-corrected chi connectivity index (χ3v) is 6.67. The molecule has 3 rings (SSSR count). The van der Waals surface area contributed by atoms with Gasteiger partial charge in [-0.25, -0.2) is 9.59 Å². The van der Waals surface area contributed by atoms with Gasteiger partial charge >= 0.3 is 12.1 Å². The van der Waals surface area contributed by atoms with E-state index < -0.39 is 30.1 Å². The van der Waals surface area contributed by atoms with Gasteiger partial charge in [0.25, 0.3) is 0 Å². The van der Waals surface area contributed by atoms with Crippen molar-refractivity contribution in [3.8, 4) is 11.1 Å². The molecular weight excluding hydrogens is 452 g/mol. The molecule has 2 amide bonds. The average molecular weight is 485 g/mol. The molecule has 0 heterocycles. The minimum atomic E-state index is -1.09. The standard InChI is InChI=1S/C26H32N2O5S/c1-3-4-13-22(24(29)27-23(25(30)31)14-15-34-2)28-26(32)33-16-21-19-11-7-5-9-17(19)18-10-6-8-12-20(18)21/h5-12,21-23H,3-4,13-16H2,1-2H3,(H,27,29)(H,28,32)(H,30,31)/t22?,23-/m0/s1. The van der Waals surface area contributed by atoms with E-state index in [2.05, 4.69) is 22.8 Å². The summed E-state index contributed by atoms with van der Waals surface area (Å²) in [6.07, 6.45) is 3.46. The van der Waals surface area contributed by atoms with E-state index >= 15 is 0 Å². The van der Waals surface area contributed by atoms with Gasteiger partial charge in [0.1, 0.15) is 18.7 Å². The van der Waals surface area contributed by atoms with Gasteiger partial charge in [-0.15, -0.1) is 0 Å².